The number of rotatable bonds is 2. The zero-order valence-electron chi connectivity index (χ0n) is 8.82. The Kier molecular flexibility index (Phi) is 3.05. The van der Waals surface area contributed by atoms with E-state index in [9.17, 15) is 9.18 Å². The van der Waals surface area contributed by atoms with Gasteiger partial charge in [0.05, 0.1) is 5.92 Å². The third kappa shape index (κ3) is 2.14. The van der Waals surface area contributed by atoms with Crippen LogP contribution in [0.1, 0.15) is 6.42 Å². The average Bonchev–Trinajstić information content (AvgIpc) is 2.77. The lowest BCUT2D eigenvalue weighted by Gasteiger charge is -2.18. The van der Waals surface area contributed by atoms with E-state index in [2.05, 4.69) is 5.43 Å². The van der Waals surface area contributed by atoms with Crippen LogP contribution in [-0.4, -0.2) is 19.0 Å². The summed E-state index contributed by atoms with van der Waals surface area (Å²) in [5.74, 6) is 4.56. The quantitative estimate of drug-likeness (QED) is 0.439. The smallest absolute Gasteiger partial charge is 0.238 e. The summed E-state index contributed by atoms with van der Waals surface area (Å²) in [6.45, 7) is 1.34. The van der Waals surface area contributed by atoms with Crippen molar-refractivity contribution in [1.29, 1.82) is 0 Å². The number of carbonyl (C=O) groups excluding carboxylic acids is 1. The van der Waals surface area contributed by atoms with Crippen LogP contribution < -0.4 is 16.2 Å². The van der Waals surface area contributed by atoms with Crippen molar-refractivity contribution in [3.05, 3.63) is 30.1 Å². The molecule has 0 saturated carbocycles. The van der Waals surface area contributed by atoms with Gasteiger partial charge in [-0.15, -0.1) is 0 Å². The molecule has 1 fully saturated rings. The number of benzene rings is 1. The SMILES string of the molecule is NNC(=O)C1CCN(c2cccc(F)c2)C1. The van der Waals surface area contributed by atoms with Gasteiger partial charge in [-0.3, -0.25) is 10.2 Å². The first-order valence-corrected chi connectivity index (χ1v) is 5.21. The van der Waals surface area contributed by atoms with Gasteiger partial charge in [-0.2, -0.15) is 0 Å². The minimum atomic E-state index is -0.260. The Morgan fingerprint density at radius 1 is 1.56 bits per heavy atom. The van der Waals surface area contributed by atoms with Gasteiger partial charge in [0.25, 0.3) is 0 Å². The van der Waals surface area contributed by atoms with E-state index in [4.69, 9.17) is 5.84 Å². The molecule has 2 rings (SSSR count). The number of hydrogen-bond acceptors (Lipinski definition) is 3. The number of nitrogens with one attached hydrogen (secondary N) is 1. The van der Waals surface area contributed by atoms with Crippen LogP contribution in [0.5, 0.6) is 0 Å². The second-order valence-electron chi connectivity index (χ2n) is 3.92. The van der Waals surface area contributed by atoms with Gasteiger partial charge in [-0.25, -0.2) is 10.2 Å². The zero-order chi connectivity index (χ0) is 11.5. The largest absolute Gasteiger partial charge is 0.371 e. The van der Waals surface area contributed by atoms with Crippen molar-refractivity contribution in [1.82, 2.24) is 5.43 Å². The number of carbonyl (C=O) groups is 1. The van der Waals surface area contributed by atoms with Crippen LogP contribution in [0.3, 0.4) is 0 Å². The molecule has 1 aromatic carbocycles. The molecule has 1 amide bonds. The molecule has 0 spiro atoms. The van der Waals surface area contributed by atoms with Crippen molar-refractivity contribution in [2.24, 2.45) is 11.8 Å². The van der Waals surface area contributed by atoms with Crippen LogP contribution in [0.2, 0.25) is 0 Å². The third-order valence-corrected chi connectivity index (χ3v) is 2.87. The molecule has 0 bridgehead atoms. The molecule has 1 aliphatic rings. The number of amides is 1. The highest BCUT2D eigenvalue weighted by atomic mass is 19.1. The van der Waals surface area contributed by atoms with Gasteiger partial charge in [-0.1, -0.05) is 6.07 Å². The molecule has 16 heavy (non-hydrogen) atoms. The average molecular weight is 223 g/mol. The minimum absolute atomic E-state index is 0.103. The highest BCUT2D eigenvalue weighted by molar-refractivity contribution is 5.79. The fourth-order valence-corrected chi connectivity index (χ4v) is 2.00. The van der Waals surface area contributed by atoms with E-state index in [1.165, 1.54) is 12.1 Å². The number of hydrogen-bond donors (Lipinski definition) is 2. The van der Waals surface area contributed by atoms with E-state index in [1.807, 2.05) is 11.0 Å². The lowest BCUT2D eigenvalue weighted by Crippen LogP contribution is -2.37. The summed E-state index contributed by atoms with van der Waals surface area (Å²) in [5.41, 5.74) is 2.96. The van der Waals surface area contributed by atoms with Crippen LogP contribution in [0, 0.1) is 11.7 Å². The van der Waals surface area contributed by atoms with Crippen LogP contribution in [-0.2, 0) is 4.79 Å². The maximum atomic E-state index is 13.0. The standard InChI is InChI=1S/C11H14FN3O/c12-9-2-1-3-10(6-9)15-5-4-8(7-15)11(16)14-13/h1-3,6,8H,4-5,7,13H2,(H,14,16). The topological polar surface area (TPSA) is 58.4 Å². The lowest BCUT2D eigenvalue weighted by molar-refractivity contribution is -0.124. The Labute approximate surface area is 93.2 Å². The molecule has 4 nitrogen and oxygen atoms in total. The maximum absolute atomic E-state index is 13.0. The second kappa shape index (κ2) is 4.49. The van der Waals surface area contributed by atoms with Crippen molar-refractivity contribution in [2.75, 3.05) is 18.0 Å². The molecule has 1 aliphatic heterocycles. The molecule has 86 valence electrons. The van der Waals surface area contributed by atoms with Crippen molar-refractivity contribution in [3.63, 3.8) is 0 Å². The first-order chi connectivity index (χ1) is 7.70. The van der Waals surface area contributed by atoms with Crippen molar-refractivity contribution in [3.8, 4) is 0 Å². The van der Waals surface area contributed by atoms with Gasteiger partial charge in [0.1, 0.15) is 5.82 Å². The Morgan fingerprint density at radius 2 is 2.38 bits per heavy atom. The van der Waals surface area contributed by atoms with E-state index in [0.29, 0.717) is 6.54 Å². The van der Waals surface area contributed by atoms with Crippen LogP contribution in [0.4, 0.5) is 10.1 Å². The first-order valence-electron chi connectivity index (χ1n) is 5.21. The van der Waals surface area contributed by atoms with Crippen molar-refractivity contribution in [2.45, 2.75) is 6.42 Å². The summed E-state index contributed by atoms with van der Waals surface area (Å²) in [6, 6.07) is 6.39. The molecule has 1 aromatic rings. The molecular weight excluding hydrogens is 209 g/mol. The Morgan fingerprint density at radius 3 is 3.06 bits per heavy atom. The molecule has 0 radical (unpaired) electrons. The highest BCUT2D eigenvalue weighted by Crippen LogP contribution is 2.24. The molecule has 5 heteroatoms. The normalized spacial score (nSPS) is 19.9. The van der Waals surface area contributed by atoms with E-state index in [-0.39, 0.29) is 17.6 Å². The number of nitrogens with zero attached hydrogens (tertiary/aromatic N) is 1. The number of hydrazine groups is 1. The van der Waals surface area contributed by atoms with Crippen molar-refractivity contribution < 1.29 is 9.18 Å². The van der Waals surface area contributed by atoms with Gasteiger partial charge in [0.2, 0.25) is 5.91 Å². The molecule has 3 N–H and O–H groups in total. The number of halogens is 1. The molecule has 1 atom stereocenters. The number of anilines is 1. The van der Waals surface area contributed by atoms with E-state index in [0.717, 1.165) is 18.7 Å². The van der Waals surface area contributed by atoms with Gasteiger partial charge in [0, 0.05) is 18.8 Å². The highest BCUT2D eigenvalue weighted by Gasteiger charge is 2.27. The molecule has 0 aliphatic carbocycles. The summed E-state index contributed by atoms with van der Waals surface area (Å²) in [5, 5.41) is 0. The maximum Gasteiger partial charge on any atom is 0.238 e. The van der Waals surface area contributed by atoms with Crippen LogP contribution in [0.25, 0.3) is 0 Å². The molecule has 1 heterocycles. The second-order valence-corrected chi connectivity index (χ2v) is 3.92. The molecule has 1 saturated heterocycles. The Balaban J connectivity index is 2.06. The van der Waals surface area contributed by atoms with Gasteiger partial charge >= 0.3 is 0 Å². The summed E-state index contributed by atoms with van der Waals surface area (Å²) in [6.07, 6.45) is 0.750. The molecule has 0 aromatic heterocycles. The first kappa shape index (κ1) is 10.9. The zero-order valence-corrected chi connectivity index (χ0v) is 8.82. The summed E-state index contributed by atoms with van der Waals surface area (Å²) >= 11 is 0. The van der Waals surface area contributed by atoms with Gasteiger partial charge < -0.3 is 4.90 Å². The predicted molar refractivity (Wildman–Crippen MR) is 59.1 cm³/mol. The summed E-state index contributed by atoms with van der Waals surface area (Å²) < 4.78 is 13.0. The van der Waals surface area contributed by atoms with Crippen molar-refractivity contribution >= 4 is 11.6 Å². The molecule has 1 unspecified atom stereocenters. The summed E-state index contributed by atoms with van der Waals surface area (Å²) in [4.78, 5) is 13.3. The summed E-state index contributed by atoms with van der Waals surface area (Å²) in [7, 11) is 0. The monoisotopic (exact) mass is 223 g/mol. The van der Waals surface area contributed by atoms with E-state index < -0.39 is 0 Å². The third-order valence-electron chi connectivity index (χ3n) is 2.87. The fraction of sp³-hybridized carbons (Fsp3) is 0.364. The van der Waals surface area contributed by atoms with Gasteiger partial charge in [0.15, 0.2) is 0 Å². The lowest BCUT2D eigenvalue weighted by atomic mass is 10.1. The van der Waals surface area contributed by atoms with Gasteiger partial charge in [-0.05, 0) is 24.6 Å². The van der Waals surface area contributed by atoms with Crippen LogP contribution >= 0.6 is 0 Å². The fourth-order valence-electron chi connectivity index (χ4n) is 2.00. The number of nitrogens with two attached hydrogens (primary N) is 1. The van der Waals surface area contributed by atoms with E-state index >= 15 is 0 Å². The van der Waals surface area contributed by atoms with Crippen LogP contribution in [0.15, 0.2) is 24.3 Å². The molecular formula is C11H14FN3O. The predicted octanol–water partition coefficient (Wildman–Crippen LogP) is 0.642. The minimum Gasteiger partial charge on any atom is -0.371 e. The Bertz CT molecular complexity index is 397. The van der Waals surface area contributed by atoms with E-state index in [1.54, 1.807) is 6.07 Å². The Hall–Kier alpha value is -1.62.